The van der Waals surface area contributed by atoms with E-state index in [0.717, 1.165) is 11.8 Å². The minimum absolute atomic E-state index is 0.0905. The molecule has 2 aliphatic heterocycles. The molecule has 132 valence electrons. The zero-order chi connectivity index (χ0) is 18.6. The van der Waals surface area contributed by atoms with Crippen molar-refractivity contribution in [3.63, 3.8) is 0 Å². The summed E-state index contributed by atoms with van der Waals surface area (Å²) in [7, 11) is 0. The number of guanidine groups is 1. The van der Waals surface area contributed by atoms with Crippen molar-refractivity contribution in [1.82, 2.24) is 5.32 Å². The van der Waals surface area contributed by atoms with E-state index in [0.29, 0.717) is 22.0 Å². The Bertz CT molecular complexity index is 1010. The summed E-state index contributed by atoms with van der Waals surface area (Å²) in [6.07, 6.45) is 1.38. The number of carbonyl (C=O) groups is 2. The molecule has 4 rings (SSSR count). The number of amides is 1. The molecule has 7 nitrogen and oxygen atoms in total. The molecule has 0 fully saturated rings. The van der Waals surface area contributed by atoms with E-state index in [1.165, 1.54) is 6.34 Å². The molecule has 2 aromatic rings. The van der Waals surface area contributed by atoms with E-state index in [9.17, 15) is 9.59 Å². The Hall–Kier alpha value is -3.39. The second-order valence-electron chi connectivity index (χ2n) is 5.62. The van der Waals surface area contributed by atoms with Gasteiger partial charge in [-0.3, -0.25) is 19.9 Å². The van der Waals surface area contributed by atoms with Gasteiger partial charge in [-0.15, -0.1) is 0 Å². The van der Waals surface area contributed by atoms with Gasteiger partial charge in [-0.05, 0) is 23.9 Å². The molecule has 1 unspecified atom stereocenters. The van der Waals surface area contributed by atoms with Crippen molar-refractivity contribution >= 4 is 46.0 Å². The normalized spacial score (nSPS) is 17.5. The molecule has 27 heavy (non-hydrogen) atoms. The SMILES string of the molecule is O=C(NC1=NC2=NC=NC2C(SC(=O)c2ccccc2)=N1)c1ccccc1. The van der Waals surface area contributed by atoms with Gasteiger partial charge in [0.1, 0.15) is 11.4 Å². The number of rotatable bonds is 2. The lowest BCUT2D eigenvalue weighted by molar-refractivity contribution is 0.0976. The Morgan fingerprint density at radius 2 is 1.56 bits per heavy atom. The molecule has 8 heteroatoms. The Morgan fingerprint density at radius 3 is 2.26 bits per heavy atom. The zero-order valence-corrected chi connectivity index (χ0v) is 14.8. The van der Waals surface area contributed by atoms with Crippen LogP contribution in [0, 0.1) is 0 Å². The van der Waals surface area contributed by atoms with E-state index in [4.69, 9.17) is 0 Å². The fraction of sp³-hybridized carbons (Fsp3) is 0.0526. The fourth-order valence-corrected chi connectivity index (χ4v) is 3.34. The first-order chi connectivity index (χ1) is 13.2. The van der Waals surface area contributed by atoms with Crippen LogP contribution >= 0.6 is 11.8 Å². The first kappa shape index (κ1) is 17.0. The topological polar surface area (TPSA) is 95.6 Å². The Balaban J connectivity index is 1.56. The number of fused-ring (bicyclic) bond motifs is 1. The summed E-state index contributed by atoms with van der Waals surface area (Å²) in [6, 6.07) is 17.1. The van der Waals surface area contributed by atoms with Crippen LogP contribution in [0.1, 0.15) is 20.7 Å². The van der Waals surface area contributed by atoms with Crippen molar-refractivity contribution in [1.29, 1.82) is 0 Å². The number of benzene rings is 2. The molecular weight excluding hydrogens is 362 g/mol. The zero-order valence-electron chi connectivity index (χ0n) is 13.9. The average molecular weight is 375 g/mol. The Labute approximate surface area is 159 Å². The summed E-state index contributed by atoms with van der Waals surface area (Å²) in [5.41, 5.74) is 1.04. The third-order valence-electron chi connectivity index (χ3n) is 3.79. The molecule has 0 saturated heterocycles. The monoisotopic (exact) mass is 375 g/mol. The minimum atomic E-state index is -0.514. The molecule has 0 radical (unpaired) electrons. The van der Waals surface area contributed by atoms with Crippen molar-refractivity contribution in [2.24, 2.45) is 20.0 Å². The summed E-state index contributed by atoms with van der Waals surface area (Å²) in [5.74, 6) is 0.152. The number of nitrogens with one attached hydrogen (secondary N) is 1. The molecule has 2 heterocycles. The molecular formula is C19H13N5O2S. The predicted octanol–water partition coefficient (Wildman–Crippen LogP) is 2.57. The van der Waals surface area contributed by atoms with Crippen molar-refractivity contribution in [2.75, 3.05) is 0 Å². The molecule has 0 aliphatic carbocycles. The van der Waals surface area contributed by atoms with Crippen LogP contribution in [0.4, 0.5) is 0 Å². The largest absolute Gasteiger partial charge is 0.290 e. The number of hydrogen-bond acceptors (Lipinski definition) is 7. The van der Waals surface area contributed by atoms with Crippen LogP contribution in [-0.4, -0.2) is 40.2 Å². The maximum absolute atomic E-state index is 12.5. The molecule has 2 aliphatic rings. The molecule has 0 aromatic heterocycles. The highest BCUT2D eigenvalue weighted by Crippen LogP contribution is 2.23. The smallest absolute Gasteiger partial charge is 0.258 e. The van der Waals surface area contributed by atoms with Crippen LogP contribution in [0.2, 0.25) is 0 Å². The Morgan fingerprint density at radius 1 is 0.889 bits per heavy atom. The Kier molecular flexibility index (Phi) is 4.71. The lowest BCUT2D eigenvalue weighted by Gasteiger charge is -2.17. The molecule has 0 spiro atoms. The van der Waals surface area contributed by atoms with Crippen LogP contribution in [0.5, 0.6) is 0 Å². The third kappa shape index (κ3) is 3.75. The standard InChI is InChI=1S/C19H13N5O2S/c25-16(12-7-3-1-4-8-12)23-19-22-15-14(20-11-21-15)17(24-19)27-18(26)13-9-5-2-6-10-13/h1-11,14H,(H,20,21,22,23,25). The third-order valence-corrected chi connectivity index (χ3v) is 4.73. The van der Waals surface area contributed by atoms with Gasteiger partial charge in [0.15, 0.2) is 11.9 Å². The minimum Gasteiger partial charge on any atom is -0.290 e. The highest BCUT2D eigenvalue weighted by atomic mass is 32.2. The maximum Gasteiger partial charge on any atom is 0.258 e. The molecule has 0 bridgehead atoms. The van der Waals surface area contributed by atoms with Crippen LogP contribution in [-0.2, 0) is 0 Å². The van der Waals surface area contributed by atoms with Crippen LogP contribution < -0.4 is 5.32 Å². The number of thioether (sulfide) groups is 1. The van der Waals surface area contributed by atoms with E-state index < -0.39 is 6.04 Å². The summed E-state index contributed by atoms with van der Waals surface area (Å²) in [4.78, 5) is 41.7. The van der Waals surface area contributed by atoms with Gasteiger partial charge in [-0.2, -0.15) is 4.99 Å². The lowest BCUT2D eigenvalue weighted by atomic mass is 10.2. The fourth-order valence-electron chi connectivity index (χ4n) is 2.49. The van der Waals surface area contributed by atoms with Gasteiger partial charge >= 0.3 is 0 Å². The molecule has 1 amide bonds. The van der Waals surface area contributed by atoms with Gasteiger partial charge < -0.3 is 0 Å². The maximum atomic E-state index is 12.5. The van der Waals surface area contributed by atoms with Gasteiger partial charge in [-0.1, -0.05) is 48.5 Å². The van der Waals surface area contributed by atoms with Gasteiger partial charge in [-0.25, -0.2) is 9.98 Å². The number of nitrogens with zero attached hydrogens (tertiary/aromatic N) is 4. The summed E-state index contributed by atoms with van der Waals surface area (Å²) in [6.45, 7) is 0. The highest BCUT2D eigenvalue weighted by molar-refractivity contribution is 8.27. The van der Waals surface area contributed by atoms with Crippen LogP contribution in [0.15, 0.2) is 80.6 Å². The number of carbonyl (C=O) groups excluding carboxylic acids is 2. The van der Waals surface area contributed by atoms with E-state index >= 15 is 0 Å². The van der Waals surface area contributed by atoms with Crippen molar-refractivity contribution in [3.05, 3.63) is 71.8 Å². The number of amidine groups is 1. The van der Waals surface area contributed by atoms with Crippen LogP contribution in [0.25, 0.3) is 0 Å². The quantitative estimate of drug-likeness (QED) is 0.874. The summed E-state index contributed by atoms with van der Waals surface area (Å²) in [5, 5.41) is 2.92. The van der Waals surface area contributed by atoms with Crippen molar-refractivity contribution in [3.8, 4) is 0 Å². The second-order valence-corrected chi connectivity index (χ2v) is 6.61. The average Bonchev–Trinajstić information content (AvgIpc) is 3.18. The van der Waals surface area contributed by atoms with E-state index in [2.05, 4.69) is 25.3 Å². The number of hydrogen-bond donors (Lipinski definition) is 1. The van der Waals surface area contributed by atoms with Crippen molar-refractivity contribution < 1.29 is 9.59 Å². The van der Waals surface area contributed by atoms with E-state index in [-0.39, 0.29) is 17.0 Å². The first-order valence-electron chi connectivity index (χ1n) is 8.11. The van der Waals surface area contributed by atoms with Gasteiger partial charge in [0.05, 0.1) is 0 Å². The number of aliphatic imine (C=N–C) groups is 4. The van der Waals surface area contributed by atoms with Crippen molar-refractivity contribution in [2.45, 2.75) is 6.04 Å². The first-order valence-corrected chi connectivity index (χ1v) is 8.92. The summed E-state index contributed by atoms with van der Waals surface area (Å²) < 4.78 is 0. The highest BCUT2D eigenvalue weighted by Gasteiger charge is 2.31. The molecule has 1 N–H and O–H groups in total. The second kappa shape index (κ2) is 7.46. The van der Waals surface area contributed by atoms with Gasteiger partial charge in [0.2, 0.25) is 11.1 Å². The molecule has 1 atom stereocenters. The predicted molar refractivity (Wildman–Crippen MR) is 107 cm³/mol. The molecule has 0 saturated carbocycles. The van der Waals surface area contributed by atoms with Gasteiger partial charge in [0.25, 0.3) is 5.91 Å². The molecule has 2 aromatic carbocycles. The van der Waals surface area contributed by atoms with Crippen LogP contribution in [0.3, 0.4) is 0 Å². The van der Waals surface area contributed by atoms with Gasteiger partial charge in [0, 0.05) is 11.1 Å². The van der Waals surface area contributed by atoms with E-state index in [1.807, 2.05) is 12.1 Å². The lowest BCUT2D eigenvalue weighted by Crippen LogP contribution is -2.37. The summed E-state index contributed by atoms with van der Waals surface area (Å²) >= 11 is 0.961. The van der Waals surface area contributed by atoms with E-state index in [1.54, 1.807) is 48.5 Å².